The predicted molar refractivity (Wildman–Crippen MR) is 131 cm³/mol. The third-order valence-corrected chi connectivity index (χ3v) is 6.55. The second-order valence-electron chi connectivity index (χ2n) is 9.07. The molecule has 1 fully saturated rings. The second kappa shape index (κ2) is 10.8. The number of carbonyl (C=O) groups is 2. The highest BCUT2D eigenvalue weighted by molar-refractivity contribution is 5.92. The van der Waals surface area contributed by atoms with E-state index in [0.717, 1.165) is 16.7 Å². The number of ether oxygens (including phenoxy) is 2. The Morgan fingerprint density at radius 3 is 2.42 bits per heavy atom. The normalized spacial score (nSPS) is 22.1. The van der Waals surface area contributed by atoms with Crippen LogP contribution in [0.4, 0.5) is 5.69 Å². The van der Waals surface area contributed by atoms with Crippen LogP contribution in [0.2, 0.25) is 0 Å². The van der Waals surface area contributed by atoms with Crippen LogP contribution in [0.3, 0.4) is 0 Å². The fourth-order valence-electron chi connectivity index (χ4n) is 4.84. The predicted octanol–water partition coefficient (Wildman–Crippen LogP) is 2.36. The van der Waals surface area contributed by atoms with Gasteiger partial charge < -0.3 is 25.2 Å². The Bertz CT molecular complexity index is 1210. The molecule has 2 aliphatic heterocycles. The molecule has 2 amide bonds. The lowest BCUT2D eigenvalue weighted by molar-refractivity contribution is -0.142. The first kappa shape index (κ1) is 23.9. The van der Waals surface area contributed by atoms with E-state index in [9.17, 15) is 14.7 Å². The minimum atomic E-state index is -0.543. The number of nitrogens with zero attached hydrogens (tertiary/aromatic N) is 2. The van der Waals surface area contributed by atoms with Crippen molar-refractivity contribution < 1.29 is 24.2 Å². The summed E-state index contributed by atoms with van der Waals surface area (Å²) in [7, 11) is 0. The Morgan fingerprint density at radius 2 is 1.69 bits per heavy atom. The zero-order chi connectivity index (χ0) is 24.9. The molecule has 0 aliphatic carbocycles. The maximum atomic E-state index is 12.6. The van der Waals surface area contributed by atoms with E-state index < -0.39 is 6.10 Å². The zero-order valence-electron chi connectivity index (χ0n) is 19.7. The number of hydrogen-bond acceptors (Lipinski definition) is 7. The van der Waals surface area contributed by atoms with Crippen LogP contribution in [0.5, 0.6) is 5.75 Å². The number of benzene rings is 1. The van der Waals surface area contributed by atoms with Crippen molar-refractivity contribution in [2.75, 3.05) is 11.9 Å². The number of amides is 2. The van der Waals surface area contributed by atoms with Gasteiger partial charge in [-0.15, -0.1) is 0 Å². The number of aliphatic hydroxyl groups excluding tert-OH is 1. The number of hydrogen-bond donors (Lipinski definition) is 3. The van der Waals surface area contributed by atoms with Crippen LogP contribution in [0.1, 0.15) is 35.4 Å². The maximum Gasteiger partial charge on any atom is 0.228 e. The molecule has 0 radical (unpaired) electrons. The Kier molecular flexibility index (Phi) is 7.20. The number of anilines is 1. The number of pyridine rings is 2. The standard InChI is InChI=1S/C27H28N4O5/c32-16-24-27-22(13-20(35-24)14-25(33)30-15-18-5-9-29-10-6-18)21-12-19(1-2-23(21)36-27)31-26(34)11-17-3-7-28-8-4-17/h1-10,12,20,22,24,27,32H,11,13-16H2,(H,30,33)(H,31,34)/t20-,22+,24-,27-/m0/s1. The third kappa shape index (κ3) is 5.53. The van der Waals surface area contributed by atoms with Crippen molar-refractivity contribution in [1.82, 2.24) is 15.3 Å². The molecule has 0 unspecified atom stereocenters. The molecule has 2 aromatic heterocycles. The molecule has 9 nitrogen and oxygen atoms in total. The quantitative estimate of drug-likeness (QED) is 0.445. The average molecular weight is 489 g/mol. The van der Waals surface area contributed by atoms with Crippen LogP contribution in [-0.4, -0.2) is 51.8 Å². The molecule has 1 saturated heterocycles. The topological polar surface area (TPSA) is 123 Å². The van der Waals surface area contributed by atoms with Crippen molar-refractivity contribution in [2.24, 2.45) is 0 Å². The van der Waals surface area contributed by atoms with Crippen LogP contribution in [-0.2, 0) is 27.3 Å². The third-order valence-electron chi connectivity index (χ3n) is 6.55. The largest absolute Gasteiger partial charge is 0.487 e. The molecular formula is C27H28N4O5. The Labute approximate surface area is 208 Å². The van der Waals surface area contributed by atoms with Gasteiger partial charge in [0.25, 0.3) is 0 Å². The Morgan fingerprint density at radius 1 is 0.972 bits per heavy atom. The molecule has 4 heterocycles. The van der Waals surface area contributed by atoms with Crippen LogP contribution in [0.15, 0.2) is 67.3 Å². The van der Waals surface area contributed by atoms with E-state index in [1.54, 1.807) is 30.9 Å². The summed E-state index contributed by atoms with van der Waals surface area (Å²) < 4.78 is 12.2. The number of carbonyl (C=O) groups excluding carboxylic acids is 2. The summed E-state index contributed by atoms with van der Waals surface area (Å²) in [6.45, 7) is 0.206. The van der Waals surface area contributed by atoms with Gasteiger partial charge >= 0.3 is 0 Å². The Balaban J connectivity index is 1.24. The minimum absolute atomic E-state index is 0.0547. The summed E-state index contributed by atoms with van der Waals surface area (Å²) in [6.07, 6.45) is 6.45. The SMILES string of the molecule is O=C(C[C@@H]1C[C@@H]2c3cc(NC(=O)Cc4ccncc4)ccc3O[C@@H]2[C@H](CO)O1)NCc1ccncc1. The highest BCUT2D eigenvalue weighted by Crippen LogP contribution is 2.47. The van der Waals surface area contributed by atoms with Gasteiger partial charge in [-0.3, -0.25) is 19.6 Å². The van der Waals surface area contributed by atoms with E-state index in [2.05, 4.69) is 20.6 Å². The molecule has 0 bridgehead atoms. The van der Waals surface area contributed by atoms with Crippen molar-refractivity contribution in [3.8, 4) is 5.75 Å². The molecule has 4 atom stereocenters. The first-order valence-electron chi connectivity index (χ1n) is 12.0. The van der Waals surface area contributed by atoms with Gasteiger partial charge in [-0.25, -0.2) is 0 Å². The van der Waals surface area contributed by atoms with E-state index >= 15 is 0 Å². The molecular weight excluding hydrogens is 460 g/mol. The fraction of sp³-hybridized carbons (Fsp3) is 0.333. The summed E-state index contributed by atoms with van der Waals surface area (Å²) in [5.41, 5.74) is 3.47. The number of aromatic nitrogens is 2. The maximum absolute atomic E-state index is 12.6. The summed E-state index contributed by atoms with van der Waals surface area (Å²) in [5, 5.41) is 15.8. The number of rotatable bonds is 8. The molecule has 1 aromatic carbocycles. The molecule has 3 N–H and O–H groups in total. The molecule has 0 spiro atoms. The summed E-state index contributed by atoms with van der Waals surface area (Å²) in [4.78, 5) is 33.1. The summed E-state index contributed by atoms with van der Waals surface area (Å²) >= 11 is 0. The smallest absolute Gasteiger partial charge is 0.228 e. The number of fused-ring (bicyclic) bond motifs is 3. The van der Waals surface area contributed by atoms with Gasteiger partial charge in [0.15, 0.2) is 0 Å². The van der Waals surface area contributed by atoms with Crippen LogP contribution >= 0.6 is 0 Å². The van der Waals surface area contributed by atoms with Gasteiger partial charge in [0.1, 0.15) is 18.0 Å². The van der Waals surface area contributed by atoms with Crippen molar-refractivity contribution in [1.29, 1.82) is 0 Å². The lowest BCUT2D eigenvalue weighted by Gasteiger charge is -2.37. The van der Waals surface area contributed by atoms with Crippen molar-refractivity contribution in [3.05, 3.63) is 83.9 Å². The van der Waals surface area contributed by atoms with E-state index in [4.69, 9.17) is 9.47 Å². The van der Waals surface area contributed by atoms with E-state index in [0.29, 0.717) is 24.4 Å². The van der Waals surface area contributed by atoms with Crippen LogP contribution in [0, 0.1) is 0 Å². The van der Waals surface area contributed by atoms with Crippen molar-refractivity contribution >= 4 is 17.5 Å². The minimum Gasteiger partial charge on any atom is -0.487 e. The van der Waals surface area contributed by atoms with Crippen LogP contribution < -0.4 is 15.4 Å². The van der Waals surface area contributed by atoms with Gasteiger partial charge in [-0.2, -0.15) is 0 Å². The number of aliphatic hydroxyl groups is 1. The lowest BCUT2D eigenvalue weighted by atomic mass is 9.84. The Hall–Kier alpha value is -3.82. The van der Waals surface area contributed by atoms with Gasteiger partial charge in [0.2, 0.25) is 11.8 Å². The monoisotopic (exact) mass is 488 g/mol. The summed E-state index contributed by atoms with van der Waals surface area (Å²) in [6, 6.07) is 12.9. The number of nitrogens with one attached hydrogen (secondary N) is 2. The van der Waals surface area contributed by atoms with Crippen molar-refractivity contribution in [2.45, 2.75) is 50.0 Å². The van der Waals surface area contributed by atoms with Crippen LogP contribution in [0.25, 0.3) is 0 Å². The van der Waals surface area contributed by atoms with Gasteiger partial charge in [0.05, 0.1) is 25.6 Å². The molecule has 2 aliphatic rings. The lowest BCUT2D eigenvalue weighted by Crippen LogP contribution is -2.47. The first-order chi connectivity index (χ1) is 17.6. The molecule has 5 rings (SSSR count). The van der Waals surface area contributed by atoms with Gasteiger partial charge in [-0.1, -0.05) is 0 Å². The highest BCUT2D eigenvalue weighted by atomic mass is 16.6. The average Bonchev–Trinajstić information content (AvgIpc) is 3.26. The fourth-order valence-corrected chi connectivity index (χ4v) is 4.84. The summed E-state index contributed by atoms with van der Waals surface area (Å²) in [5.74, 6) is 0.409. The van der Waals surface area contributed by atoms with E-state index in [1.807, 2.05) is 36.4 Å². The molecule has 9 heteroatoms. The molecule has 3 aromatic rings. The zero-order valence-corrected chi connectivity index (χ0v) is 19.7. The van der Waals surface area contributed by atoms with Crippen molar-refractivity contribution in [3.63, 3.8) is 0 Å². The van der Waals surface area contributed by atoms with E-state index in [1.165, 1.54) is 0 Å². The van der Waals surface area contributed by atoms with E-state index in [-0.39, 0.29) is 49.4 Å². The molecule has 186 valence electrons. The van der Waals surface area contributed by atoms with Gasteiger partial charge in [-0.05, 0) is 60.0 Å². The highest BCUT2D eigenvalue weighted by Gasteiger charge is 2.46. The van der Waals surface area contributed by atoms with Gasteiger partial charge in [0, 0.05) is 48.5 Å². The molecule has 0 saturated carbocycles. The first-order valence-corrected chi connectivity index (χ1v) is 12.0. The second-order valence-corrected chi connectivity index (χ2v) is 9.07. The molecule has 36 heavy (non-hydrogen) atoms.